The minimum absolute atomic E-state index is 0.259. The Labute approximate surface area is 145 Å². The summed E-state index contributed by atoms with van der Waals surface area (Å²) in [6, 6.07) is 16.1. The van der Waals surface area contributed by atoms with Gasteiger partial charge in [-0.2, -0.15) is 5.10 Å². The highest BCUT2D eigenvalue weighted by Gasteiger charge is 2.15. The van der Waals surface area contributed by atoms with Crippen LogP contribution in [0.15, 0.2) is 60.8 Å². The Balaban J connectivity index is 1.78. The van der Waals surface area contributed by atoms with E-state index in [9.17, 15) is 9.59 Å². The molecule has 0 fully saturated rings. The Kier molecular flexibility index (Phi) is 4.61. The van der Waals surface area contributed by atoms with Crippen molar-refractivity contribution in [3.8, 4) is 5.69 Å². The van der Waals surface area contributed by atoms with Crippen LogP contribution in [0.5, 0.6) is 0 Å². The summed E-state index contributed by atoms with van der Waals surface area (Å²) < 4.78 is 6.37. The van der Waals surface area contributed by atoms with Gasteiger partial charge in [0.1, 0.15) is 0 Å². The van der Waals surface area contributed by atoms with Crippen LogP contribution in [-0.4, -0.2) is 28.8 Å². The molecule has 0 spiro atoms. The molecule has 3 rings (SSSR count). The Morgan fingerprint density at radius 3 is 2.36 bits per heavy atom. The Hall–Kier alpha value is -3.41. The third kappa shape index (κ3) is 3.42. The smallest absolute Gasteiger partial charge is 0.337 e. The Bertz CT molecular complexity index is 899. The average Bonchev–Trinajstić information content (AvgIpc) is 3.04. The summed E-state index contributed by atoms with van der Waals surface area (Å²) in [7, 11) is 1.32. The van der Waals surface area contributed by atoms with E-state index in [0.717, 1.165) is 11.4 Å². The fourth-order valence-electron chi connectivity index (χ4n) is 2.47. The highest BCUT2D eigenvalue weighted by molar-refractivity contribution is 6.05. The van der Waals surface area contributed by atoms with E-state index in [-0.39, 0.29) is 5.91 Å². The van der Waals surface area contributed by atoms with Gasteiger partial charge in [0.25, 0.3) is 5.91 Å². The second-order valence-corrected chi connectivity index (χ2v) is 5.41. The first-order valence-corrected chi connectivity index (χ1v) is 7.70. The molecule has 0 unspecified atom stereocenters. The van der Waals surface area contributed by atoms with Crippen LogP contribution >= 0.6 is 0 Å². The van der Waals surface area contributed by atoms with Gasteiger partial charge in [0, 0.05) is 5.69 Å². The summed E-state index contributed by atoms with van der Waals surface area (Å²) in [6.07, 6.45) is 1.54. The number of methoxy groups -OCH3 is 1. The Morgan fingerprint density at radius 1 is 1.04 bits per heavy atom. The first kappa shape index (κ1) is 16.4. The second-order valence-electron chi connectivity index (χ2n) is 5.41. The maximum atomic E-state index is 12.5. The normalized spacial score (nSPS) is 10.3. The van der Waals surface area contributed by atoms with Crippen molar-refractivity contribution in [1.82, 2.24) is 9.78 Å². The van der Waals surface area contributed by atoms with Crippen molar-refractivity contribution in [1.29, 1.82) is 0 Å². The predicted molar refractivity (Wildman–Crippen MR) is 94.0 cm³/mol. The van der Waals surface area contributed by atoms with Crippen LogP contribution in [0.2, 0.25) is 0 Å². The van der Waals surface area contributed by atoms with Crippen LogP contribution in [-0.2, 0) is 4.74 Å². The van der Waals surface area contributed by atoms with Crippen molar-refractivity contribution in [2.45, 2.75) is 6.92 Å². The van der Waals surface area contributed by atoms with Crippen molar-refractivity contribution >= 4 is 17.6 Å². The van der Waals surface area contributed by atoms with Crippen molar-refractivity contribution in [3.63, 3.8) is 0 Å². The number of esters is 1. The lowest BCUT2D eigenvalue weighted by atomic mass is 10.2. The fourth-order valence-corrected chi connectivity index (χ4v) is 2.47. The monoisotopic (exact) mass is 335 g/mol. The summed E-state index contributed by atoms with van der Waals surface area (Å²) in [5.41, 5.74) is 3.13. The van der Waals surface area contributed by atoms with Gasteiger partial charge in [-0.1, -0.05) is 18.2 Å². The van der Waals surface area contributed by atoms with E-state index in [4.69, 9.17) is 0 Å². The number of hydrogen-bond acceptors (Lipinski definition) is 4. The quantitative estimate of drug-likeness (QED) is 0.743. The first-order valence-electron chi connectivity index (χ1n) is 7.70. The molecule has 0 radical (unpaired) electrons. The molecule has 1 heterocycles. The molecule has 1 amide bonds. The average molecular weight is 335 g/mol. The van der Waals surface area contributed by atoms with Crippen LogP contribution < -0.4 is 5.32 Å². The molecule has 0 aliphatic heterocycles. The molecule has 0 atom stereocenters. The maximum Gasteiger partial charge on any atom is 0.337 e. The third-order valence-corrected chi connectivity index (χ3v) is 3.82. The minimum atomic E-state index is -0.419. The van der Waals surface area contributed by atoms with Gasteiger partial charge >= 0.3 is 5.97 Å². The molecule has 0 aliphatic rings. The van der Waals surface area contributed by atoms with E-state index in [1.165, 1.54) is 7.11 Å². The van der Waals surface area contributed by atoms with Crippen LogP contribution in [0.1, 0.15) is 26.4 Å². The van der Waals surface area contributed by atoms with Crippen LogP contribution in [0.3, 0.4) is 0 Å². The van der Waals surface area contributed by atoms with Crippen molar-refractivity contribution < 1.29 is 14.3 Å². The van der Waals surface area contributed by atoms with Crippen LogP contribution in [0.25, 0.3) is 5.69 Å². The molecule has 0 saturated heterocycles. The molecular weight excluding hydrogens is 318 g/mol. The fraction of sp³-hybridized carbons (Fsp3) is 0.105. The second kappa shape index (κ2) is 7.00. The van der Waals surface area contributed by atoms with Gasteiger partial charge in [-0.25, -0.2) is 9.48 Å². The SMILES string of the molecule is COC(=O)c1ccc(NC(=O)c2cnn(-c3ccccc3)c2C)cc1. The number of aromatic nitrogens is 2. The van der Waals surface area contributed by atoms with Crippen LogP contribution in [0.4, 0.5) is 5.69 Å². The number of benzene rings is 2. The molecule has 0 bridgehead atoms. The van der Waals surface area contributed by atoms with Gasteiger partial charge in [0.05, 0.1) is 35.8 Å². The van der Waals surface area contributed by atoms with Gasteiger partial charge in [-0.05, 0) is 43.3 Å². The van der Waals surface area contributed by atoms with Gasteiger partial charge in [0.15, 0.2) is 0 Å². The molecule has 6 nitrogen and oxygen atoms in total. The number of carbonyl (C=O) groups is 2. The van der Waals surface area contributed by atoms with Crippen molar-refractivity contribution in [3.05, 3.63) is 77.6 Å². The maximum absolute atomic E-state index is 12.5. The van der Waals surface area contributed by atoms with Crippen molar-refractivity contribution in [2.75, 3.05) is 12.4 Å². The lowest BCUT2D eigenvalue weighted by Gasteiger charge is -2.07. The molecule has 2 aromatic carbocycles. The molecule has 0 aliphatic carbocycles. The highest BCUT2D eigenvalue weighted by atomic mass is 16.5. The number of hydrogen-bond donors (Lipinski definition) is 1. The zero-order valence-electron chi connectivity index (χ0n) is 13.9. The van der Waals surface area contributed by atoms with E-state index < -0.39 is 5.97 Å². The molecule has 1 N–H and O–H groups in total. The predicted octanol–water partition coefficient (Wildman–Crippen LogP) is 3.22. The van der Waals surface area contributed by atoms with Gasteiger partial charge in [-0.15, -0.1) is 0 Å². The van der Waals surface area contributed by atoms with E-state index in [1.54, 1.807) is 35.1 Å². The highest BCUT2D eigenvalue weighted by Crippen LogP contribution is 2.16. The largest absolute Gasteiger partial charge is 0.465 e. The number of anilines is 1. The first-order chi connectivity index (χ1) is 12.1. The number of nitrogens with zero attached hydrogens (tertiary/aromatic N) is 2. The third-order valence-electron chi connectivity index (χ3n) is 3.82. The molecule has 1 aromatic heterocycles. The molecule has 6 heteroatoms. The van der Waals surface area contributed by atoms with Gasteiger partial charge in [0.2, 0.25) is 0 Å². The zero-order chi connectivity index (χ0) is 17.8. The number of ether oxygens (including phenoxy) is 1. The zero-order valence-corrected chi connectivity index (χ0v) is 13.9. The van der Waals surface area contributed by atoms with Crippen LogP contribution in [0, 0.1) is 6.92 Å². The number of carbonyl (C=O) groups excluding carboxylic acids is 2. The summed E-state index contributed by atoms with van der Waals surface area (Å²) in [4.78, 5) is 23.9. The number of nitrogens with one attached hydrogen (secondary N) is 1. The van der Waals surface area contributed by atoms with E-state index in [0.29, 0.717) is 16.8 Å². The lowest BCUT2D eigenvalue weighted by molar-refractivity contribution is 0.0600. The summed E-state index contributed by atoms with van der Waals surface area (Å²) >= 11 is 0. The van der Waals surface area contributed by atoms with Gasteiger partial charge < -0.3 is 10.1 Å². The number of amides is 1. The molecule has 0 saturated carbocycles. The molecule has 25 heavy (non-hydrogen) atoms. The van der Waals surface area contributed by atoms with Gasteiger partial charge in [-0.3, -0.25) is 4.79 Å². The number of para-hydroxylation sites is 1. The summed E-state index contributed by atoms with van der Waals surface area (Å²) in [5.74, 6) is -0.677. The molecule has 3 aromatic rings. The Morgan fingerprint density at radius 2 is 1.72 bits per heavy atom. The van der Waals surface area contributed by atoms with Crippen molar-refractivity contribution in [2.24, 2.45) is 0 Å². The van der Waals surface area contributed by atoms with E-state index >= 15 is 0 Å². The van der Waals surface area contributed by atoms with E-state index in [1.807, 2.05) is 37.3 Å². The summed E-state index contributed by atoms with van der Waals surface area (Å²) in [6.45, 7) is 1.84. The topological polar surface area (TPSA) is 73.2 Å². The van der Waals surface area contributed by atoms with E-state index in [2.05, 4.69) is 15.2 Å². The summed E-state index contributed by atoms with van der Waals surface area (Å²) in [5, 5.41) is 7.10. The molecule has 126 valence electrons. The standard InChI is InChI=1S/C19H17N3O3/c1-13-17(12-20-22(13)16-6-4-3-5-7-16)18(23)21-15-10-8-14(9-11-15)19(24)25-2/h3-12H,1-2H3,(H,21,23). The number of rotatable bonds is 4. The minimum Gasteiger partial charge on any atom is -0.465 e. The molecular formula is C19H17N3O3. The lowest BCUT2D eigenvalue weighted by Crippen LogP contribution is -2.13.